The number of likely N-dealkylation sites (tertiary alicyclic amines) is 1. The van der Waals surface area contributed by atoms with Gasteiger partial charge < -0.3 is 14.6 Å². The SMILES string of the molecule is COc1ccc(C2CC(O)N(c3ccc(Cl)c(Cl)c3)C2=O)cc1OCCN1CCCCC1. The molecule has 2 atom stereocenters. The van der Waals surface area contributed by atoms with Crippen LogP contribution in [0.25, 0.3) is 0 Å². The van der Waals surface area contributed by atoms with Crippen LogP contribution < -0.4 is 14.4 Å². The van der Waals surface area contributed by atoms with Crippen LogP contribution in [0.5, 0.6) is 11.5 Å². The summed E-state index contributed by atoms with van der Waals surface area (Å²) in [5.41, 5.74) is 1.30. The fourth-order valence-electron chi connectivity index (χ4n) is 4.44. The van der Waals surface area contributed by atoms with E-state index < -0.39 is 12.1 Å². The van der Waals surface area contributed by atoms with Crippen molar-refractivity contribution in [1.82, 2.24) is 4.90 Å². The minimum absolute atomic E-state index is 0.194. The zero-order valence-corrected chi connectivity index (χ0v) is 19.6. The fraction of sp³-hybridized carbons (Fsp3) is 0.458. The van der Waals surface area contributed by atoms with E-state index in [1.165, 1.54) is 24.2 Å². The molecule has 0 radical (unpaired) electrons. The van der Waals surface area contributed by atoms with E-state index in [9.17, 15) is 9.90 Å². The summed E-state index contributed by atoms with van der Waals surface area (Å²) in [5, 5.41) is 11.4. The average molecular weight is 479 g/mol. The van der Waals surface area contributed by atoms with Crippen LogP contribution >= 0.6 is 23.2 Å². The summed E-state index contributed by atoms with van der Waals surface area (Å²) >= 11 is 12.1. The third-order valence-electron chi connectivity index (χ3n) is 6.17. The zero-order valence-electron chi connectivity index (χ0n) is 18.1. The minimum atomic E-state index is -0.949. The van der Waals surface area contributed by atoms with Crippen LogP contribution in [0.1, 0.15) is 37.2 Å². The van der Waals surface area contributed by atoms with Gasteiger partial charge in [0, 0.05) is 18.7 Å². The molecular weight excluding hydrogens is 451 g/mol. The first-order valence-electron chi connectivity index (χ1n) is 11.0. The number of carbonyl (C=O) groups excluding carboxylic acids is 1. The van der Waals surface area contributed by atoms with Gasteiger partial charge in [0.1, 0.15) is 12.8 Å². The van der Waals surface area contributed by atoms with Gasteiger partial charge in [-0.15, -0.1) is 0 Å². The molecule has 2 fully saturated rings. The molecule has 1 N–H and O–H groups in total. The number of anilines is 1. The molecule has 8 heteroatoms. The van der Waals surface area contributed by atoms with Crippen LogP contribution in [0, 0.1) is 0 Å². The van der Waals surface area contributed by atoms with Crippen LogP contribution in [0.2, 0.25) is 10.0 Å². The summed E-state index contributed by atoms with van der Waals surface area (Å²) in [4.78, 5) is 17.0. The van der Waals surface area contributed by atoms with E-state index in [1.807, 2.05) is 18.2 Å². The summed E-state index contributed by atoms with van der Waals surface area (Å²) in [6.45, 7) is 3.63. The second kappa shape index (κ2) is 10.3. The van der Waals surface area contributed by atoms with Crippen LogP contribution in [0.3, 0.4) is 0 Å². The number of methoxy groups -OCH3 is 1. The zero-order chi connectivity index (χ0) is 22.7. The molecule has 2 saturated heterocycles. The summed E-state index contributed by atoms with van der Waals surface area (Å²) in [7, 11) is 1.60. The Morgan fingerprint density at radius 2 is 1.81 bits per heavy atom. The number of hydrogen-bond donors (Lipinski definition) is 1. The summed E-state index contributed by atoms with van der Waals surface area (Å²) in [6.07, 6.45) is 3.10. The number of ether oxygens (including phenoxy) is 2. The lowest BCUT2D eigenvalue weighted by molar-refractivity contribution is -0.118. The van der Waals surface area contributed by atoms with Gasteiger partial charge in [-0.2, -0.15) is 0 Å². The van der Waals surface area contributed by atoms with Crippen molar-refractivity contribution < 1.29 is 19.4 Å². The molecule has 2 heterocycles. The first-order chi connectivity index (χ1) is 15.5. The highest BCUT2D eigenvalue weighted by Gasteiger charge is 2.40. The van der Waals surface area contributed by atoms with Crippen molar-refractivity contribution >= 4 is 34.8 Å². The largest absolute Gasteiger partial charge is 0.493 e. The summed E-state index contributed by atoms with van der Waals surface area (Å²) < 4.78 is 11.5. The van der Waals surface area contributed by atoms with Gasteiger partial charge in [0.15, 0.2) is 11.5 Å². The molecule has 0 saturated carbocycles. The Morgan fingerprint density at radius 3 is 2.53 bits per heavy atom. The van der Waals surface area contributed by atoms with Gasteiger partial charge >= 0.3 is 0 Å². The molecular formula is C24H28Cl2N2O4. The van der Waals surface area contributed by atoms with Crippen molar-refractivity contribution in [2.45, 2.75) is 37.8 Å². The molecule has 2 aliphatic heterocycles. The van der Waals surface area contributed by atoms with Crippen molar-refractivity contribution in [2.24, 2.45) is 0 Å². The second-order valence-corrected chi connectivity index (χ2v) is 9.05. The summed E-state index contributed by atoms with van der Waals surface area (Å²) in [5.74, 6) is 0.548. The van der Waals surface area contributed by atoms with E-state index in [0.717, 1.165) is 25.2 Å². The number of amides is 1. The predicted molar refractivity (Wildman–Crippen MR) is 126 cm³/mol. The first-order valence-corrected chi connectivity index (χ1v) is 11.7. The van der Waals surface area contributed by atoms with Gasteiger partial charge in [-0.3, -0.25) is 14.6 Å². The third-order valence-corrected chi connectivity index (χ3v) is 6.90. The lowest BCUT2D eigenvalue weighted by atomic mass is 9.97. The number of carbonyl (C=O) groups is 1. The van der Waals surface area contributed by atoms with Crippen molar-refractivity contribution in [2.75, 3.05) is 38.3 Å². The number of hydrogen-bond acceptors (Lipinski definition) is 5. The summed E-state index contributed by atoms with van der Waals surface area (Å²) in [6, 6.07) is 10.4. The Balaban J connectivity index is 1.49. The molecule has 172 valence electrons. The highest BCUT2D eigenvalue weighted by atomic mass is 35.5. The standard InChI is InChI=1S/C24H28Cl2N2O4/c1-31-21-8-5-16(13-22(21)32-12-11-27-9-3-2-4-10-27)18-15-23(29)28(24(18)30)17-6-7-19(25)20(26)14-17/h5-8,13-14,18,23,29H,2-4,9-12,15H2,1H3. The van der Waals surface area contributed by atoms with E-state index in [2.05, 4.69) is 4.90 Å². The monoisotopic (exact) mass is 478 g/mol. The maximum Gasteiger partial charge on any atom is 0.236 e. The van der Waals surface area contributed by atoms with Crippen molar-refractivity contribution in [3.63, 3.8) is 0 Å². The fourth-order valence-corrected chi connectivity index (χ4v) is 4.73. The van der Waals surface area contributed by atoms with Gasteiger partial charge in [0.05, 0.1) is 23.1 Å². The van der Waals surface area contributed by atoms with E-state index in [0.29, 0.717) is 33.8 Å². The second-order valence-electron chi connectivity index (χ2n) is 8.24. The molecule has 4 rings (SSSR count). The van der Waals surface area contributed by atoms with Crippen molar-refractivity contribution in [1.29, 1.82) is 0 Å². The average Bonchev–Trinajstić information content (AvgIpc) is 3.10. The quantitative estimate of drug-likeness (QED) is 0.624. The van der Waals surface area contributed by atoms with E-state index in [1.54, 1.807) is 25.3 Å². The number of nitrogens with zero attached hydrogens (tertiary/aromatic N) is 2. The lowest BCUT2D eigenvalue weighted by Crippen LogP contribution is -2.33. The van der Waals surface area contributed by atoms with Crippen LogP contribution in [0.15, 0.2) is 36.4 Å². The number of benzene rings is 2. The maximum atomic E-state index is 13.2. The normalized spacial score (nSPS) is 21.8. The van der Waals surface area contributed by atoms with E-state index >= 15 is 0 Å². The first kappa shape index (κ1) is 23.2. The number of aliphatic hydroxyl groups excluding tert-OH is 1. The van der Waals surface area contributed by atoms with Gasteiger partial charge in [0.25, 0.3) is 0 Å². The molecule has 6 nitrogen and oxygen atoms in total. The van der Waals surface area contributed by atoms with Gasteiger partial charge in [-0.25, -0.2) is 0 Å². The van der Waals surface area contributed by atoms with Crippen LogP contribution in [-0.2, 0) is 4.79 Å². The Bertz CT molecular complexity index is 965. The topological polar surface area (TPSA) is 62.2 Å². The Hall–Kier alpha value is -1.99. The number of halogens is 2. The third kappa shape index (κ3) is 4.99. The van der Waals surface area contributed by atoms with Crippen molar-refractivity contribution in [3.05, 3.63) is 52.0 Å². The predicted octanol–water partition coefficient (Wildman–Crippen LogP) is 4.71. The Labute approximate surface area is 198 Å². The molecule has 0 bridgehead atoms. The van der Waals surface area contributed by atoms with Gasteiger partial charge in [-0.1, -0.05) is 35.7 Å². The highest BCUT2D eigenvalue weighted by molar-refractivity contribution is 6.42. The van der Waals surface area contributed by atoms with E-state index in [4.69, 9.17) is 32.7 Å². The number of rotatable bonds is 7. The molecule has 0 spiro atoms. The molecule has 2 aromatic rings. The Kier molecular flexibility index (Phi) is 7.46. The molecule has 1 amide bonds. The minimum Gasteiger partial charge on any atom is -0.493 e. The molecule has 32 heavy (non-hydrogen) atoms. The number of piperidine rings is 1. The van der Waals surface area contributed by atoms with E-state index in [-0.39, 0.29) is 12.3 Å². The molecule has 0 aromatic heterocycles. The van der Waals surface area contributed by atoms with Gasteiger partial charge in [-0.05, 0) is 61.8 Å². The highest BCUT2D eigenvalue weighted by Crippen LogP contribution is 2.40. The molecule has 2 unspecified atom stereocenters. The van der Waals surface area contributed by atoms with Crippen LogP contribution in [-0.4, -0.2) is 55.5 Å². The lowest BCUT2D eigenvalue weighted by Gasteiger charge is -2.26. The molecule has 0 aliphatic carbocycles. The van der Waals surface area contributed by atoms with Crippen molar-refractivity contribution in [3.8, 4) is 11.5 Å². The molecule has 2 aliphatic rings. The molecule has 2 aromatic carbocycles. The Morgan fingerprint density at radius 1 is 1.03 bits per heavy atom. The van der Waals surface area contributed by atoms with Gasteiger partial charge in [0.2, 0.25) is 5.91 Å². The number of aliphatic hydroxyl groups is 1. The van der Waals surface area contributed by atoms with Crippen LogP contribution in [0.4, 0.5) is 5.69 Å². The maximum absolute atomic E-state index is 13.2. The smallest absolute Gasteiger partial charge is 0.236 e.